The first kappa shape index (κ1) is 23.7. The number of Topliss-reactive ketones (excluding diaryl/α,β-unsaturated/α-hetero) is 1. The monoisotopic (exact) mass is 439 g/mol. The molecule has 7 nitrogen and oxygen atoms in total. The average Bonchev–Trinajstić information content (AvgIpc) is 2.82. The van der Waals surface area contributed by atoms with Crippen LogP contribution in [0.2, 0.25) is 0 Å². The van der Waals surface area contributed by atoms with Crippen molar-refractivity contribution < 1.29 is 14.3 Å². The normalized spacial score (nSPS) is 20.0. The number of pyridine rings is 1. The quantitative estimate of drug-likeness (QED) is 0.669. The van der Waals surface area contributed by atoms with Gasteiger partial charge in [-0.2, -0.15) is 0 Å². The molecule has 2 aliphatic heterocycles. The van der Waals surface area contributed by atoms with Gasteiger partial charge in [0.2, 0.25) is 5.43 Å². The first-order valence-electron chi connectivity index (χ1n) is 11.3. The molecular weight excluding hydrogens is 406 g/mol. The van der Waals surface area contributed by atoms with E-state index in [0.29, 0.717) is 13.0 Å². The third-order valence-electron chi connectivity index (χ3n) is 6.23. The zero-order valence-electron chi connectivity index (χ0n) is 19.6. The van der Waals surface area contributed by atoms with Gasteiger partial charge < -0.3 is 14.2 Å². The van der Waals surface area contributed by atoms with Crippen LogP contribution in [0.25, 0.3) is 0 Å². The Labute approximate surface area is 189 Å². The minimum Gasteiger partial charge on any atom is -0.491 e. The lowest BCUT2D eigenvalue weighted by Crippen LogP contribution is -2.62. The van der Waals surface area contributed by atoms with E-state index in [-0.39, 0.29) is 47.3 Å². The number of carbonyl (C=O) groups excluding carboxylic acids is 2. The highest BCUT2D eigenvalue weighted by Gasteiger charge is 2.42. The molecule has 2 atom stereocenters. The fourth-order valence-electron chi connectivity index (χ4n) is 4.47. The van der Waals surface area contributed by atoms with Gasteiger partial charge in [-0.25, -0.2) is 0 Å². The van der Waals surface area contributed by atoms with E-state index in [1.807, 2.05) is 63.1 Å². The van der Waals surface area contributed by atoms with Crippen molar-refractivity contribution in [3.05, 3.63) is 63.6 Å². The van der Waals surface area contributed by atoms with Crippen LogP contribution in [-0.4, -0.2) is 59.0 Å². The van der Waals surface area contributed by atoms with Crippen molar-refractivity contribution in [1.82, 2.24) is 14.4 Å². The Morgan fingerprint density at radius 1 is 1.16 bits per heavy atom. The summed E-state index contributed by atoms with van der Waals surface area (Å²) < 4.78 is 7.09. The predicted octanol–water partition coefficient (Wildman–Crippen LogP) is 3.20. The largest absolute Gasteiger partial charge is 0.491 e. The molecule has 0 aliphatic carbocycles. The fourth-order valence-corrected chi connectivity index (χ4v) is 4.47. The number of carbonyl (C=O) groups is 2. The summed E-state index contributed by atoms with van der Waals surface area (Å²) in [5.41, 5.74) is 0.853. The van der Waals surface area contributed by atoms with Gasteiger partial charge in [-0.05, 0) is 32.4 Å². The van der Waals surface area contributed by atoms with Crippen molar-refractivity contribution in [2.24, 2.45) is 0 Å². The Kier molecular flexibility index (Phi) is 7.51. The number of methoxy groups -OCH3 is 1. The van der Waals surface area contributed by atoms with Crippen LogP contribution in [0.5, 0.6) is 5.75 Å². The highest BCUT2D eigenvalue weighted by atomic mass is 16.5. The standard InChI is InChI=1S/C23H27N3O4.C2H6/c1-15-11-12-24(2)19-14-25-13-17(18(27)10-9-16-7-5-4-6-8-16)21(28)22(30-3)20(25)23(29)26(15)19;1-2/h4-8,13,15,19H,9-12,14H2,1-3H3;1-2H3/t15-,19-;/m1./s1. The maximum absolute atomic E-state index is 13.3. The highest BCUT2D eigenvalue weighted by molar-refractivity contribution is 6.00. The van der Waals surface area contributed by atoms with Crippen LogP contribution >= 0.6 is 0 Å². The lowest BCUT2D eigenvalue weighted by atomic mass is 10.0. The molecule has 1 amide bonds. The molecule has 0 N–H and O–H groups in total. The molecule has 7 heteroatoms. The number of rotatable bonds is 5. The van der Waals surface area contributed by atoms with Gasteiger partial charge in [0, 0.05) is 25.2 Å². The number of fused-ring (bicyclic) bond motifs is 2. The van der Waals surface area contributed by atoms with E-state index in [2.05, 4.69) is 4.90 Å². The van der Waals surface area contributed by atoms with E-state index < -0.39 is 5.43 Å². The minimum atomic E-state index is -0.508. The van der Waals surface area contributed by atoms with E-state index in [0.717, 1.165) is 18.5 Å². The average molecular weight is 440 g/mol. The van der Waals surface area contributed by atoms with Gasteiger partial charge in [-0.15, -0.1) is 0 Å². The molecule has 0 radical (unpaired) electrons. The summed E-state index contributed by atoms with van der Waals surface area (Å²) >= 11 is 0. The number of ether oxygens (including phenoxy) is 1. The topological polar surface area (TPSA) is 71.8 Å². The summed E-state index contributed by atoms with van der Waals surface area (Å²) in [7, 11) is 3.37. The van der Waals surface area contributed by atoms with Crippen LogP contribution in [-0.2, 0) is 13.0 Å². The van der Waals surface area contributed by atoms with Crippen molar-refractivity contribution in [2.45, 2.75) is 58.8 Å². The molecule has 0 spiro atoms. The van der Waals surface area contributed by atoms with Crippen LogP contribution in [0.15, 0.2) is 41.3 Å². The van der Waals surface area contributed by atoms with Gasteiger partial charge >= 0.3 is 0 Å². The Bertz CT molecular complexity index is 1030. The van der Waals surface area contributed by atoms with Crippen molar-refractivity contribution in [2.75, 3.05) is 20.7 Å². The smallest absolute Gasteiger partial charge is 0.276 e. The van der Waals surface area contributed by atoms with Crippen molar-refractivity contribution in [3.63, 3.8) is 0 Å². The Morgan fingerprint density at radius 2 is 1.84 bits per heavy atom. The Morgan fingerprint density at radius 3 is 2.50 bits per heavy atom. The predicted molar refractivity (Wildman–Crippen MR) is 124 cm³/mol. The van der Waals surface area contributed by atoms with Crippen molar-refractivity contribution >= 4 is 11.7 Å². The number of hydrogen-bond acceptors (Lipinski definition) is 5. The van der Waals surface area contributed by atoms with Gasteiger partial charge in [0.1, 0.15) is 6.17 Å². The van der Waals surface area contributed by atoms with Crippen LogP contribution in [0.4, 0.5) is 0 Å². The number of amides is 1. The zero-order chi connectivity index (χ0) is 23.4. The molecule has 1 saturated heterocycles. The van der Waals surface area contributed by atoms with Crippen LogP contribution < -0.4 is 10.2 Å². The summed E-state index contributed by atoms with van der Waals surface area (Å²) in [4.78, 5) is 43.2. The number of aromatic nitrogens is 1. The molecule has 2 aromatic rings. The molecule has 172 valence electrons. The fraction of sp³-hybridized carbons (Fsp3) is 0.480. The lowest BCUT2D eigenvalue weighted by molar-refractivity contribution is -0.0209. The third kappa shape index (κ3) is 4.35. The second kappa shape index (κ2) is 10.1. The molecular formula is C25H33N3O4. The summed E-state index contributed by atoms with van der Waals surface area (Å²) in [5, 5.41) is 0. The zero-order valence-corrected chi connectivity index (χ0v) is 19.6. The summed E-state index contributed by atoms with van der Waals surface area (Å²) in [6.07, 6.45) is 3.10. The number of nitrogens with zero attached hydrogens (tertiary/aromatic N) is 3. The van der Waals surface area contributed by atoms with E-state index in [1.165, 1.54) is 7.11 Å². The lowest BCUT2D eigenvalue weighted by Gasteiger charge is -2.49. The van der Waals surface area contributed by atoms with Gasteiger partial charge in [-0.3, -0.25) is 19.3 Å². The van der Waals surface area contributed by atoms with Gasteiger partial charge in [0.15, 0.2) is 17.2 Å². The second-order valence-electron chi connectivity index (χ2n) is 8.13. The molecule has 4 rings (SSSR count). The first-order chi connectivity index (χ1) is 15.4. The summed E-state index contributed by atoms with van der Waals surface area (Å²) in [5.74, 6) is -0.496. The highest BCUT2D eigenvalue weighted by Crippen LogP contribution is 2.30. The first-order valence-corrected chi connectivity index (χ1v) is 11.3. The third-order valence-corrected chi connectivity index (χ3v) is 6.23. The summed E-state index contributed by atoms with van der Waals surface area (Å²) in [6, 6.07) is 9.78. The molecule has 0 bridgehead atoms. The maximum atomic E-state index is 13.3. The molecule has 1 aromatic carbocycles. The molecule has 1 aromatic heterocycles. The number of hydrogen-bond donors (Lipinski definition) is 0. The summed E-state index contributed by atoms with van der Waals surface area (Å²) in [6.45, 7) is 7.42. The van der Waals surface area contributed by atoms with Crippen molar-refractivity contribution in [1.29, 1.82) is 0 Å². The van der Waals surface area contributed by atoms with Gasteiger partial charge in [0.05, 0.1) is 19.2 Å². The van der Waals surface area contributed by atoms with Crippen LogP contribution in [0.3, 0.4) is 0 Å². The van der Waals surface area contributed by atoms with Crippen molar-refractivity contribution in [3.8, 4) is 5.75 Å². The minimum absolute atomic E-state index is 0.0376. The number of benzene rings is 1. The van der Waals surface area contributed by atoms with Gasteiger partial charge in [0.25, 0.3) is 5.91 Å². The van der Waals surface area contributed by atoms with E-state index in [4.69, 9.17) is 4.74 Å². The SMILES string of the molecule is CC.COc1c2n(cc(C(=O)CCc3ccccc3)c1=O)C[C@@H]1N(C)CC[C@@H](C)N1C2=O. The molecule has 32 heavy (non-hydrogen) atoms. The molecule has 2 aliphatic rings. The van der Waals surface area contributed by atoms with E-state index >= 15 is 0 Å². The molecule has 3 heterocycles. The number of likely N-dealkylation sites (N-methyl/N-ethyl adjacent to an activating group) is 1. The molecule has 1 fully saturated rings. The van der Waals surface area contributed by atoms with E-state index in [9.17, 15) is 14.4 Å². The second-order valence-corrected chi connectivity index (χ2v) is 8.13. The van der Waals surface area contributed by atoms with Crippen LogP contribution in [0.1, 0.15) is 60.0 Å². The Balaban J connectivity index is 0.00000141. The Hall–Kier alpha value is -2.93. The molecule has 0 unspecified atom stereocenters. The maximum Gasteiger partial charge on any atom is 0.276 e. The number of aryl methyl sites for hydroxylation is 1. The van der Waals surface area contributed by atoms with E-state index in [1.54, 1.807) is 10.8 Å². The number of ketones is 1. The van der Waals surface area contributed by atoms with Crippen LogP contribution in [0, 0.1) is 0 Å². The molecule has 0 saturated carbocycles. The van der Waals surface area contributed by atoms with Gasteiger partial charge in [-0.1, -0.05) is 44.2 Å².